The van der Waals surface area contributed by atoms with Gasteiger partial charge in [0, 0.05) is 12.1 Å². The van der Waals surface area contributed by atoms with E-state index in [2.05, 4.69) is 51.7 Å². The van der Waals surface area contributed by atoms with Gasteiger partial charge in [-0.3, -0.25) is 0 Å². The number of nitrogens with zero attached hydrogens (tertiary/aromatic N) is 2. The highest BCUT2D eigenvalue weighted by molar-refractivity contribution is 14.1. The lowest BCUT2D eigenvalue weighted by Crippen LogP contribution is -2.09. The van der Waals surface area contributed by atoms with Crippen LogP contribution in [0.1, 0.15) is 26.0 Å². The molecule has 0 unspecified atom stereocenters. The summed E-state index contributed by atoms with van der Waals surface area (Å²) < 4.78 is 1.09. The molecular weight excluding hydrogens is 385 g/mol. The Morgan fingerprint density at radius 1 is 1.20 bits per heavy atom. The van der Waals surface area contributed by atoms with Gasteiger partial charge in [0.1, 0.15) is 5.82 Å². The second-order valence-electron chi connectivity index (χ2n) is 4.42. The summed E-state index contributed by atoms with van der Waals surface area (Å²) >= 11 is 8.55. The summed E-state index contributed by atoms with van der Waals surface area (Å²) in [5.41, 5.74) is 1.92. The Morgan fingerprint density at radius 2 is 1.95 bits per heavy atom. The molecule has 1 aromatic carbocycles. The summed E-state index contributed by atoms with van der Waals surface area (Å²) in [6.07, 6.45) is 1.93. The molecule has 2 rings (SSSR count). The van der Waals surface area contributed by atoms with Crippen molar-refractivity contribution < 1.29 is 0 Å². The molecule has 0 aliphatic rings. The molecule has 0 bridgehead atoms. The molecule has 3 nitrogen and oxygen atoms in total. The van der Waals surface area contributed by atoms with Crippen LogP contribution in [0.15, 0.2) is 24.3 Å². The Balaban J connectivity index is 2.51. The van der Waals surface area contributed by atoms with E-state index in [0.29, 0.717) is 10.8 Å². The van der Waals surface area contributed by atoms with Crippen LogP contribution in [0.25, 0.3) is 11.4 Å². The normalized spacial score (nSPS) is 10.6. The third-order valence-corrected chi connectivity index (χ3v) is 4.38. The van der Waals surface area contributed by atoms with E-state index in [1.165, 1.54) is 0 Å². The summed E-state index contributed by atoms with van der Waals surface area (Å²) in [5.74, 6) is 1.58. The molecule has 1 N–H and O–H groups in total. The molecule has 2 aromatic rings. The van der Waals surface area contributed by atoms with Crippen LogP contribution in [0.4, 0.5) is 5.82 Å². The molecule has 0 saturated heterocycles. The summed E-state index contributed by atoms with van der Waals surface area (Å²) in [5, 5.41) is 4.04. The van der Waals surface area contributed by atoms with Crippen molar-refractivity contribution in [3.8, 4) is 11.4 Å². The second kappa shape index (κ2) is 7.22. The van der Waals surface area contributed by atoms with Crippen molar-refractivity contribution in [2.45, 2.75) is 26.7 Å². The summed E-state index contributed by atoms with van der Waals surface area (Å²) in [4.78, 5) is 9.28. The predicted octanol–water partition coefficient (Wildman–Crippen LogP) is 4.79. The third-order valence-electron chi connectivity index (χ3n) is 2.91. The molecule has 0 atom stereocenters. The first-order valence-corrected chi connectivity index (χ1v) is 8.18. The van der Waals surface area contributed by atoms with E-state index >= 15 is 0 Å². The lowest BCUT2D eigenvalue weighted by atomic mass is 10.2. The Bertz CT molecular complexity index is 602. The molecular formula is C15H17ClIN3. The molecule has 0 saturated carbocycles. The van der Waals surface area contributed by atoms with E-state index < -0.39 is 0 Å². The fourth-order valence-corrected chi connectivity index (χ4v) is 2.88. The third kappa shape index (κ3) is 3.41. The van der Waals surface area contributed by atoms with Crippen molar-refractivity contribution in [2.24, 2.45) is 0 Å². The zero-order chi connectivity index (χ0) is 14.5. The molecule has 1 heterocycles. The fraction of sp³-hybridized carbons (Fsp3) is 0.333. The molecule has 0 aliphatic carbocycles. The molecule has 20 heavy (non-hydrogen) atoms. The van der Waals surface area contributed by atoms with Crippen LogP contribution >= 0.6 is 34.2 Å². The molecule has 0 amide bonds. The molecule has 0 fully saturated rings. The van der Waals surface area contributed by atoms with Gasteiger partial charge in [-0.2, -0.15) is 0 Å². The minimum absolute atomic E-state index is 0.678. The van der Waals surface area contributed by atoms with Crippen LogP contribution in [0.2, 0.25) is 5.02 Å². The minimum atomic E-state index is 0.678. The van der Waals surface area contributed by atoms with Gasteiger partial charge in [-0.25, -0.2) is 9.97 Å². The van der Waals surface area contributed by atoms with Gasteiger partial charge < -0.3 is 5.32 Å². The van der Waals surface area contributed by atoms with E-state index in [-0.39, 0.29) is 0 Å². The van der Waals surface area contributed by atoms with Crippen LogP contribution in [0.5, 0.6) is 0 Å². The van der Waals surface area contributed by atoms with Crippen molar-refractivity contribution in [1.29, 1.82) is 0 Å². The number of hydrogen-bond donors (Lipinski definition) is 1. The second-order valence-corrected chi connectivity index (χ2v) is 5.90. The lowest BCUT2D eigenvalue weighted by molar-refractivity contribution is 0.943. The first-order chi connectivity index (χ1) is 9.67. The van der Waals surface area contributed by atoms with E-state index in [0.717, 1.165) is 40.0 Å². The van der Waals surface area contributed by atoms with Crippen molar-refractivity contribution >= 4 is 40.0 Å². The number of benzene rings is 1. The first-order valence-electron chi connectivity index (χ1n) is 6.72. The van der Waals surface area contributed by atoms with E-state index in [1.54, 1.807) is 0 Å². The number of anilines is 1. The van der Waals surface area contributed by atoms with Gasteiger partial charge in [0.15, 0.2) is 5.82 Å². The quantitative estimate of drug-likeness (QED) is 0.732. The predicted molar refractivity (Wildman–Crippen MR) is 93.4 cm³/mol. The number of nitrogens with one attached hydrogen (secondary N) is 1. The van der Waals surface area contributed by atoms with E-state index in [9.17, 15) is 0 Å². The van der Waals surface area contributed by atoms with Gasteiger partial charge in [0.25, 0.3) is 0 Å². The van der Waals surface area contributed by atoms with Gasteiger partial charge in [-0.15, -0.1) is 0 Å². The maximum atomic E-state index is 6.25. The van der Waals surface area contributed by atoms with Gasteiger partial charge in [-0.05, 0) is 47.6 Å². The maximum Gasteiger partial charge on any atom is 0.163 e. The number of halogens is 2. The highest BCUT2D eigenvalue weighted by Gasteiger charge is 2.13. The van der Waals surface area contributed by atoms with Gasteiger partial charge >= 0.3 is 0 Å². The fourth-order valence-electron chi connectivity index (χ4n) is 1.85. The monoisotopic (exact) mass is 401 g/mol. The topological polar surface area (TPSA) is 37.8 Å². The van der Waals surface area contributed by atoms with Crippen LogP contribution in [0.3, 0.4) is 0 Å². The molecule has 0 aliphatic heterocycles. The molecule has 5 heteroatoms. The Morgan fingerprint density at radius 3 is 2.60 bits per heavy atom. The zero-order valence-corrected chi connectivity index (χ0v) is 14.5. The average Bonchev–Trinajstić information content (AvgIpc) is 2.47. The molecule has 0 radical (unpaired) electrons. The van der Waals surface area contributed by atoms with E-state index in [4.69, 9.17) is 11.6 Å². The van der Waals surface area contributed by atoms with Crippen molar-refractivity contribution in [3.05, 3.63) is 38.6 Å². The van der Waals surface area contributed by atoms with Crippen molar-refractivity contribution in [3.63, 3.8) is 0 Å². The SMILES string of the molecule is CCCNc1nc(-c2ccccc2Cl)nc(CC)c1I. The smallest absolute Gasteiger partial charge is 0.163 e. The molecule has 1 aromatic heterocycles. The molecule has 0 spiro atoms. The highest BCUT2D eigenvalue weighted by Crippen LogP contribution is 2.28. The summed E-state index contributed by atoms with van der Waals surface area (Å²) in [6, 6.07) is 7.68. The lowest BCUT2D eigenvalue weighted by Gasteiger charge is -2.12. The maximum absolute atomic E-state index is 6.25. The van der Waals surface area contributed by atoms with Crippen LogP contribution in [-0.4, -0.2) is 16.5 Å². The van der Waals surface area contributed by atoms with Gasteiger partial charge in [-0.1, -0.05) is 37.6 Å². The minimum Gasteiger partial charge on any atom is -0.369 e. The number of aromatic nitrogens is 2. The summed E-state index contributed by atoms with van der Waals surface area (Å²) in [6.45, 7) is 5.14. The zero-order valence-electron chi connectivity index (χ0n) is 11.6. The Labute approximate surface area is 138 Å². The van der Waals surface area contributed by atoms with Crippen LogP contribution < -0.4 is 5.32 Å². The highest BCUT2D eigenvalue weighted by atomic mass is 127. The van der Waals surface area contributed by atoms with Crippen LogP contribution in [-0.2, 0) is 6.42 Å². The van der Waals surface area contributed by atoms with E-state index in [1.807, 2.05) is 24.3 Å². The number of hydrogen-bond acceptors (Lipinski definition) is 3. The van der Waals surface area contributed by atoms with Crippen molar-refractivity contribution in [1.82, 2.24) is 9.97 Å². The largest absolute Gasteiger partial charge is 0.369 e. The van der Waals surface area contributed by atoms with Crippen LogP contribution in [0, 0.1) is 3.57 Å². The number of aryl methyl sites for hydroxylation is 1. The summed E-state index contributed by atoms with van der Waals surface area (Å²) in [7, 11) is 0. The first kappa shape index (κ1) is 15.5. The average molecular weight is 402 g/mol. The molecule has 106 valence electrons. The van der Waals surface area contributed by atoms with Crippen molar-refractivity contribution in [2.75, 3.05) is 11.9 Å². The van der Waals surface area contributed by atoms with Gasteiger partial charge in [0.2, 0.25) is 0 Å². The van der Waals surface area contributed by atoms with Gasteiger partial charge in [0.05, 0.1) is 14.3 Å². The number of rotatable bonds is 5. The Kier molecular flexibility index (Phi) is 5.60. The standard InChI is InChI=1S/C15H17ClIN3/c1-3-9-18-15-13(17)12(4-2)19-14(20-15)10-7-5-6-8-11(10)16/h5-8H,3-4,9H2,1-2H3,(H,18,19,20). The Hall–Kier alpha value is -0.880.